The number of hydrogen-bond acceptors (Lipinski definition) is 7. The van der Waals surface area contributed by atoms with E-state index in [0.717, 1.165) is 25.1 Å². The highest BCUT2D eigenvalue weighted by Gasteiger charge is 2.30. The fourth-order valence-corrected chi connectivity index (χ4v) is 6.06. The molecule has 1 amide bonds. The van der Waals surface area contributed by atoms with Crippen LogP contribution >= 0.6 is 23.1 Å². The van der Waals surface area contributed by atoms with Crippen molar-refractivity contribution in [3.05, 3.63) is 35.7 Å². The monoisotopic (exact) mass is 438 g/mol. The van der Waals surface area contributed by atoms with E-state index in [-0.39, 0.29) is 6.42 Å². The summed E-state index contributed by atoms with van der Waals surface area (Å²) < 4.78 is 29.2. The number of carbonyl (C=O) groups excluding carboxylic acids is 1. The van der Waals surface area contributed by atoms with E-state index in [4.69, 9.17) is 0 Å². The summed E-state index contributed by atoms with van der Waals surface area (Å²) >= 11 is 3.20. The average molecular weight is 439 g/mol. The van der Waals surface area contributed by atoms with E-state index in [1.165, 1.54) is 0 Å². The minimum atomic E-state index is -3.74. The number of aromatic nitrogens is 3. The number of nitrogens with zero attached hydrogens (tertiary/aromatic N) is 4. The lowest BCUT2D eigenvalue weighted by Crippen LogP contribution is -2.36. The van der Waals surface area contributed by atoms with E-state index >= 15 is 0 Å². The highest BCUT2D eigenvalue weighted by molar-refractivity contribution is 8.01. The fourth-order valence-electron chi connectivity index (χ4n) is 2.93. The van der Waals surface area contributed by atoms with Gasteiger partial charge in [0.15, 0.2) is 4.34 Å². The predicted octanol–water partition coefficient (Wildman–Crippen LogP) is 3.51. The lowest BCUT2D eigenvalue weighted by Gasteiger charge is -2.20. The Labute approximate surface area is 172 Å². The van der Waals surface area contributed by atoms with Gasteiger partial charge < -0.3 is 0 Å². The van der Waals surface area contributed by atoms with Gasteiger partial charge in [0, 0.05) is 19.2 Å². The number of fused-ring (bicyclic) bond motifs is 1. The zero-order valence-corrected chi connectivity index (χ0v) is 18.6. The molecule has 0 saturated carbocycles. The van der Waals surface area contributed by atoms with Crippen LogP contribution in [0.25, 0.3) is 10.2 Å². The van der Waals surface area contributed by atoms with Crippen molar-refractivity contribution in [2.45, 2.75) is 31.0 Å². The number of anilines is 1. The molecule has 0 aliphatic heterocycles. The summed E-state index contributed by atoms with van der Waals surface area (Å²) in [6.45, 7) is 3.46. The average Bonchev–Trinajstić information content (AvgIpc) is 3.13. The zero-order valence-electron chi connectivity index (χ0n) is 16.2. The highest BCUT2D eigenvalue weighted by atomic mass is 32.2. The Balaban J connectivity index is 1.66. The number of amides is 1. The van der Waals surface area contributed by atoms with E-state index in [2.05, 4.69) is 10.1 Å². The number of thiazole rings is 1. The van der Waals surface area contributed by atoms with Gasteiger partial charge >= 0.3 is 0 Å². The van der Waals surface area contributed by atoms with Crippen molar-refractivity contribution in [3.8, 4) is 0 Å². The maximum Gasteiger partial charge on any atom is 0.240 e. The summed E-state index contributed by atoms with van der Waals surface area (Å²) in [4.78, 5) is 17.3. The molecule has 3 rings (SSSR count). The molecule has 0 spiro atoms. The van der Waals surface area contributed by atoms with Gasteiger partial charge in [0.25, 0.3) is 0 Å². The lowest BCUT2D eigenvalue weighted by molar-refractivity contribution is -0.117. The van der Waals surface area contributed by atoms with Gasteiger partial charge in [0.05, 0.1) is 27.9 Å². The number of benzene rings is 1. The summed E-state index contributed by atoms with van der Waals surface area (Å²) in [5, 5.41) is 4.23. The molecular weight excluding hydrogens is 416 g/mol. The van der Waals surface area contributed by atoms with E-state index < -0.39 is 15.9 Å². The lowest BCUT2D eigenvalue weighted by atomic mass is 10.2. The van der Waals surface area contributed by atoms with Crippen LogP contribution in [0, 0.1) is 13.8 Å². The minimum absolute atomic E-state index is 0.138. The van der Waals surface area contributed by atoms with E-state index in [1.54, 1.807) is 48.7 Å². The van der Waals surface area contributed by atoms with Crippen LogP contribution in [0.4, 0.5) is 5.69 Å². The molecule has 0 N–H and O–H groups in total. The first kappa shape index (κ1) is 20.8. The maximum atomic E-state index is 12.7. The first-order valence-electron chi connectivity index (χ1n) is 8.70. The quantitative estimate of drug-likeness (QED) is 0.414. The van der Waals surface area contributed by atoms with Crippen LogP contribution in [0.2, 0.25) is 0 Å². The second kappa shape index (κ2) is 8.22. The fraction of sp³-hybridized carbons (Fsp3) is 0.389. The summed E-state index contributed by atoms with van der Waals surface area (Å²) in [5.74, 6) is 0.250. The second-order valence-electron chi connectivity index (χ2n) is 6.46. The molecule has 7 nitrogen and oxygen atoms in total. The molecule has 3 aromatic rings. The van der Waals surface area contributed by atoms with Crippen LogP contribution < -0.4 is 4.31 Å². The molecule has 1 aromatic carbocycles. The second-order valence-corrected chi connectivity index (χ2v) is 10.7. The molecule has 0 fully saturated rings. The number of para-hydroxylation sites is 1. The van der Waals surface area contributed by atoms with E-state index in [9.17, 15) is 13.2 Å². The van der Waals surface area contributed by atoms with Crippen molar-refractivity contribution < 1.29 is 13.2 Å². The number of aryl methyl sites for hydroxylation is 2. The van der Waals surface area contributed by atoms with Gasteiger partial charge in [-0.25, -0.2) is 17.7 Å². The van der Waals surface area contributed by atoms with Crippen molar-refractivity contribution >= 4 is 54.9 Å². The van der Waals surface area contributed by atoms with Crippen molar-refractivity contribution in [1.82, 2.24) is 14.8 Å². The van der Waals surface area contributed by atoms with Gasteiger partial charge in [0.2, 0.25) is 15.9 Å². The Hall–Kier alpha value is -1.91. The Morgan fingerprint density at radius 2 is 2.00 bits per heavy atom. The summed E-state index contributed by atoms with van der Waals surface area (Å²) in [5.41, 5.74) is 2.48. The largest absolute Gasteiger partial charge is 0.273 e. The first-order valence-corrected chi connectivity index (χ1v) is 12.3. The molecule has 0 aliphatic rings. The standard InChI is InChI=1S/C18H22N4O3S3/c1-12-17(13(2)21(3)20-12)22(28(4,24)25)16(23)10-7-11-26-18-19-14-8-5-6-9-15(14)27-18/h5-6,8-9H,7,10-11H2,1-4H3. The third-order valence-corrected chi connectivity index (χ3v) is 7.58. The van der Waals surface area contributed by atoms with Crippen molar-refractivity contribution in [2.24, 2.45) is 7.05 Å². The van der Waals surface area contributed by atoms with Crippen molar-refractivity contribution in [3.63, 3.8) is 0 Å². The zero-order chi connectivity index (χ0) is 20.5. The SMILES string of the molecule is Cc1nn(C)c(C)c1N(C(=O)CCCSc1nc2ccccc2s1)S(C)(=O)=O. The van der Waals surface area contributed by atoms with Crippen LogP contribution in [0.5, 0.6) is 0 Å². The molecule has 0 radical (unpaired) electrons. The molecule has 0 atom stereocenters. The topological polar surface area (TPSA) is 85.2 Å². The molecule has 150 valence electrons. The normalized spacial score (nSPS) is 11.9. The van der Waals surface area contributed by atoms with Gasteiger partial charge in [-0.15, -0.1) is 11.3 Å². The number of rotatable bonds is 7. The molecule has 2 heterocycles. The Morgan fingerprint density at radius 1 is 1.29 bits per heavy atom. The summed E-state index contributed by atoms with van der Waals surface area (Å²) in [6.07, 6.45) is 1.75. The van der Waals surface area contributed by atoms with Gasteiger partial charge in [-0.2, -0.15) is 5.10 Å². The number of sulfonamides is 1. The van der Waals surface area contributed by atoms with Gasteiger partial charge in [0.1, 0.15) is 5.69 Å². The van der Waals surface area contributed by atoms with Crippen LogP contribution in [-0.4, -0.2) is 41.1 Å². The van der Waals surface area contributed by atoms with Crippen molar-refractivity contribution in [2.75, 3.05) is 16.3 Å². The highest BCUT2D eigenvalue weighted by Crippen LogP contribution is 2.30. The van der Waals surface area contributed by atoms with Crippen LogP contribution in [0.1, 0.15) is 24.2 Å². The van der Waals surface area contributed by atoms with Crippen LogP contribution in [0.3, 0.4) is 0 Å². The van der Waals surface area contributed by atoms with E-state index in [1.807, 2.05) is 24.3 Å². The molecule has 10 heteroatoms. The number of carbonyl (C=O) groups is 1. The molecular formula is C18H22N4O3S3. The number of hydrogen-bond donors (Lipinski definition) is 0. The smallest absolute Gasteiger partial charge is 0.240 e. The minimum Gasteiger partial charge on any atom is -0.273 e. The first-order chi connectivity index (χ1) is 13.2. The molecule has 0 unspecified atom stereocenters. The third-order valence-electron chi connectivity index (χ3n) is 4.27. The maximum absolute atomic E-state index is 12.7. The van der Waals surface area contributed by atoms with Crippen molar-refractivity contribution in [1.29, 1.82) is 0 Å². The third kappa shape index (κ3) is 4.39. The predicted molar refractivity (Wildman–Crippen MR) is 115 cm³/mol. The van der Waals surface area contributed by atoms with Crippen LogP contribution in [0.15, 0.2) is 28.6 Å². The molecule has 2 aromatic heterocycles. The Bertz CT molecular complexity index is 1090. The van der Waals surface area contributed by atoms with Crippen LogP contribution in [-0.2, 0) is 21.9 Å². The molecule has 28 heavy (non-hydrogen) atoms. The summed E-state index contributed by atoms with van der Waals surface area (Å²) in [7, 11) is -2.01. The number of thioether (sulfide) groups is 1. The van der Waals surface area contributed by atoms with Gasteiger partial charge in [-0.05, 0) is 32.4 Å². The van der Waals surface area contributed by atoms with E-state index in [0.29, 0.717) is 29.2 Å². The molecule has 0 aliphatic carbocycles. The van der Waals surface area contributed by atoms with Gasteiger partial charge in [-0.3, -0.25) is 9.48 Å². The Morgan fingerprint density at radius 3 is 2.61 bits per heavy atom. The Kier molecular flexibility index (Phi) is 6.11. The molecule has 0 saturated heterocycles. The molecule has 0 bridgehead atoms. The summed E-state index contributed by atoms with van der Waals surface area (Å²) in [6, 6.07) is 7.94. The van der Waals surface area contributed by atoms with Gasteiger partial charge in [-0.1, -0.05) is 23.9 Å².